The van der Waals surface area contributed by atoms with Crippen LogP contribution in [0.3, 0.4) is 0 Å². The first-order valence-corrected chi connectivity index (χ1v) is 8.51. The van der Waals surface area contributed by atoms with Gasteiger partial charge >= 0.3 is 11.9 Å². The van der Waals surface area contributed by atoms with Crippen LogP contribution < -0.4 is 0 Å². The Morgan fingerprint density at radius 2 is 1.62 bits per heavy atom. The van der Waals surface area contributed by atoms with Gasteiger partial charge in [0, 0.05) is 26.6 Å². The molecule has 24 heavy (non-hydrogen) atoms. The van der Waals surface area contributed by atoms with Gasteiger partial charge in [0.2, 0.25) is 0 Å². The molecule has 0 aromatic heterocycles. The molecule has 1 rings (SSSR count). The highest BCUT2D eigenvalue weighted by molar-refractivity contribution is 5.71. The first-order chi connectivity index (χ1) is 11.5. The lowest BCUT2D eigenvalue weighted by Gasteiger charge is -2.23. The molecule has 0 bridgehead atoms. The molecule has 6 nitrogen and oxygen atoms in total. The van der Waals surface area contributed by atoms with Gasteiger partial charge in [0.25, 0.3) is 0 Å². The molecule has 0 aromatic rings. The maximum Gasteiger partial charge on any atom is 0.309 e. The molecule has 0 saturated carbocycles. The van der Waals surface area contributed by atoms with Crippen LogP contribution in [0.25, 0.3) is 0 Å². The Morgan fingerprint density at radius 1 is 1.00 bits per heavy atom. The zero-order valence-electron chi connectivity index (χ0n) is 15.2. The molecule has 138 valence electrons. The predicted molar refractivity (Wildman–Crippen MR) is 89.4 cm³/mol. The third-order valence-corrected chi connectivity index (χ3v) is 4.41. The topological polar surface area (TPSA) is 71.1 Å². The summed E-state index contributed by atoms with van der Waals surface area (Å²) in [4.78, 5) is 23.7. The number of ether oxygens (including phenoxy) is 4. The van der Waals surface area contributed by atoms with E-state index in [9.17, 15) is 9.59 Å². The third kappa shape index (κ3) is 7.45. The fourth-order valence-corrected chi connectivity index (χ4v) is 2.64. The molecule has 0 amide bonds. The molecule has 0 spiro atoms. The lowest BCUT2D eigenvalue weighted by molar-refractivity contribution is -0.148. The first-order valence-electron chi connectivity index (χ1n) is 8.51. The van der Waals surface area contributed by atoms with Gasteiger partial charge in [-0.15, -0.1) is 0 Å². The summed E-state index contributed by atoms with van der Waals surface area (Å²) >= 11 is 0. The predicted octanol–water partition coefficient (Wildman–Crippen LogP) is 2.51. The summed E-state index contributed by atoms with van der Waals surface area (Å²) in [6.07, 6.45) is 5.32. The van der Waals surface area contributed by atoms with Crippen LogP contribution in [0.4, 0.5) is 0 Å². The fourth-order valence-electron chi connectivity index (χ4n) is 2.64. The summed E-state index contributed by atoms with van der Waals surface area (Å²) in [7, 11) is 3.19. The summed E-state index contributed by atoms with van der Waals surface area (Å²) in [6.45, 7) is 4.42. The quantitative estimate of drug-likeness (QED) is 0.567. The minimum atomic E-state index is -0.278. The Labute approximate surface area is 144 Å². The van der Waals surface area contributed by atoms with Gasteiger partial charge in [0.05, 0.1) is 18.6 Å². The molecule has 4 atom stereocenters. The highest BCUT2D eigenvalue weighted by atomic mass is 16.6. The lowest BCUT2D eigenvalue weighted by Crippen LogP contribution is -2.28. The molecule has 1 aliphatic heterocycles. The molecular formula is C18H30O6. The van der Waals surface area contributed by atoms with Crippen molar-refractivity contribution < 1.29 is 28.5 Å². The van der Waals surface area contributed by atoms with E-state index in [0.717, 1.165) is 6.42 Å². The molecule has 0 saturated heterocycles. The van der Waals surface area contributed by atoms with Gasteiger partial charge in [-0.05, 0) is 18.8 Å². The number of carbonyl (C=O) groups is 2. The van der Waals surface area contributed by atoms with Crippen LogP contribution in [0.5, 0.6) is 0 Å². The van der Waals surface area contributed by atoms with Crippen LogP contribution in [-0.4, -0.2) is 51.6 Å². The van der Waals surface area contributed by atoms with E-state index in [4.69, 9.17) is 18.9 Å². The average molecular weight is 342 g/mol. The lowest BCUT2D eigenvalue weighted by atomic mass is 9.98. The molecule has 6 heteroatoms. The van der Waals surface area contributed by atoms with Gasteiger partial charge in [-0.2, -0.15) is 0 Å². The SMILES string of the molecule is CO[C@H]1COC(=O)CCC[C@H](C)[C@H](OC)COC(=O)CC=C[C@@H]1C. The van der Waals surface area contributed by atoms with E-state index in [0.29, 0.717) is 12.8 Å². The van der Waals surface area contributed by atoms with E-state index in [-0.39, 0.29) is 55.6 Å². The summed E-state index contributed by atoms with van der Waals surface area (Å²) in [5.74, 6) is -0.283. The van der Waals surface area contributed by atoms with Crippen LogP contribution in [0.15, 0.2) is 12.2 Å². The van der Waals surface area contributed by atoms with E-state index >= 15 is 0 Å². The second-order valence-electron chi connectivity index (χ2n) is 6.28. The Hall–Kier alpha value is -1.40. The molecule has 0 radical (unpaired) electrons. The molecule has 0 aromatic carbocycles. The number of hydrogen-bond donors (Lipinski definition) is 0. The number of carbonyl (C=O) groups excluding carboxylic acids is 2. The second kappa shape index (κ2) is 11.2. The van der Waals surface area contributed by atoms with Crippen molar-refractivity contribution in [2.24, 2.45) is 11.8 Å². The minimum absolute atomic E-state index is 0.0234. The molecule has 1 aliphatic rings. The summed E-state index contributed by atoms with van der Waals surface area (Å²) in [6, 6.07) is 0. The van der Waals surface area contributed by atoms with Crippen molar-refractivity contribution in [3.8, 4) is 0 Å². The van der Waals surface area contributed by atoms with Crippen molar-refractivity contribution in [3.63, 3.8) is 0 Å². The molecular weight excluding hydrogens is 312 g/mol. The van der Waals surface area contributed by atoms with Crippen molar-refractivity contribution in [2.75, 3.05) is 27.4 Å². The van der Waals surface area contributed by atoms with Gasteiger partial charge in [-0.3, -0.25) is 9.59 Å². The van der Waals surface area contributed by atoms with Gasteiger partial charge < -0.3 is 18.9 Å². The Kier molecular flexibility index (Phi) is 9.64. The van der Waals surface area contributed by atoms with E-state index in [1.165, 1.54) is 0 Å². The van der Waals surface area contributed by atoms with E-state index in [1.54, 1.807) is 20.3 Å². The molecule has 0 unspecified atom stereocenters. The average Bonchev–Trinajstić information content (AvgIpc) is 2.55. The number of methoxy groups -OCH3 is 2. The zero-order chi connectivity index (χ0) is 17.9. The molecule has 0 N–H and O–H groups in total. The van der Waals surface area contributed by atoms with Crippen LogP contribution in [0.2, 0.25) is 0 Å². The number of hydrogen-bond acceptors (Lipinski definition) is 6. The molecule has 0 aliphatic carbocycles. The van der Waals surface area contributed by atoms with Crippen molar-refractivity contribution in [3.05, 3.63) is 12.2 Å². The van der Waals surface area contributed by atoms with Crippen molar-refractivity contribution in [1.29, 1.82) is 0 Å². The Balaban J connectivity index is 2.73. The second-order valence-corrected chi connectivity index (χ2v) is 6.28. The Morgan fingerprint density at radius 3 is 2.29 bits per heavy atom. The van der Waals surface area contributed by atoms with Crippen molar-refractivity contribution in [1.82, 2.24) is 0 Å². The van der Waals surface area contributed by atoms with Gasteiger partial charge in [-0.1, -0.05) is 26.0 Å². The van der Waals surface area contributed by atoms with Crippen molar-refractivity contribution >= 4 is 11.9 Å². The maximum absolute atomic E-state index is 11.8. The number of cyclic esters (lactones) is 2. The third-order valence-electron chi connectivity index (χ3n) is 4.41. The number of esters is 2. The molecule has 0 fully saturated rings. The molecule has 1 heterocycles. The van der Waals surface area contributed by atoms with Crippen LogP contribution >= 0.6 is 0 Å². The number of rotatable bonds is 2. The van der Waals surface area contributed by atoms with E-state index in [1.807, 2.05) is 19.9 Å². The van der Waals surface area contributed by atoms with E-state index < -0.39 is 0 Å². The van der Waals surface area contributed by atoms with Crippen LogP contribution in [0.1, 0.15) is 39.5 Å². The zero-order valence-corrected chi connectivity index (χ0v) is 15.2. The fraction of sp³-hybridized carbons (Fsp3) is 0.778. The van der Waals surface area contributed by atoms with Gasteiger partial charge in [-0.25, -0.2) is 0 Å². The summed E-state index contributed by atoms with van der Waals surface area (Å²) in [5, 5.41) is 0. The van der Waals surface area contributed by atoms with Crippen LogP contribution in [-0.2, 0) is 28.5 Å². The first kappa shape index (κ1) is 20.6. The smallest absolute Gasteiger partial charge is 0.309 e. The summed E-state index contributed by atoms with van der Waals surface area (Å²) in [5.41, 5.74) is 0. The normalized spacial score (nSPS) is 31.3. The van der Waals surface area contributed by atoms with Crippen LogP contribution in [0, 0.1) is 11.8 Å². The largest absolute Gasteiger partial charge is 0.463 e. The van der Waals surface area contributed by atoms with Crippen molar-refractivity contribution in [2.45, 2.75) is 51.7 Å². The highest BCUT2D eigenvalue weighted by Gasteiger charge is 2.21. The standard InChI is InChI=1S/C18H30O6/c1-13-7-5-9-17(19)24-12-16(22-4)14(2)8-6-10-18(20)23-11-15(13)21-3/h5,7,13-16H,6,8-12H2,1-4H3/t13-,14-,15-,16+/m0/s1. The summed E-state index contributed by atoms with van der Waals surface area (Å²) < 4.78 is 21.4. The monoisotopic (exact) mass is 342 g/mol. The Bertz CT molecular complexity index is 420. The van der Waals surface area contributed by atoms with Gasteiger partial charge in [0.1, 0.15) is 13.2 Å². The van der Waals surface area contributed by atoms with Gasteiger partial charge in [0.15, 0.2) is 0 Å². The highest BCUT2D eigenvalue weighted by Crippen LogP contribution is 2.17. The maximum atomic E-state index is 11.8. The van der Waals surface area contributed by atoms with E-state index in [2.05, 4.69) is 0 Å². The minimum Gasteiger partial charge on any atom is -0.463 e.